The van der Waals surface area contributed by atoms with Crippen molar-refractivity contribution in [2.45, 2.75) is 33.3 Å². The first kappa shape index (κ1) is 21.1. The van der Waals surface area contributed by atoms with Crippen molar-refractivity contribution in [3.8, 4) is 17.2 Å². The minimum atomic E-state index is -0.450. The van der Waals surface area contributed by atoms with Gasteiger partial charge in [0, 0.05) is 5.56 Å². The van der Waals surface area contributed by atoms with Crippen molar-refractivity contribution in [3.05, 3.63) is 53.6 Å². The van der Waals surface area contributed by atoms with Crippen LogP contribution in [0.15, 0.2) is 42.5 Å². The lowest BCUT2D eigenvalue weighted by Crippen LogP contribution is -2.42. The van der Waals surface area contributed by atoms with Gasteiger partial charge in [-0.05, 0) is 56.7 Å². The van der Waals surface area contributed by atoms with E-state index in [2.05, 4.69) is 10.9 Å². The Morgan fingerprint density at radius 3 is 2.32 bits per heavy atom. The molecule has 0 aromatic heterocycles. The van der Waals surface area contributed by atoms with Gasteiger partial charge in [-0.15, -0.1) is 0 Å². The van der Waals surface area contributed by atoms with Gasteiger partial charge in [0.25, 0.3) is 5.91 Å². The third-order valence-electron chi connectivity index (χ3n) is 3.70. The van der Waals surface area contributed by atoms with E-state index >= 15 is 0 Å². The Kier molecular flexibility index (Phi) is 7.68. The molecule has 7 nitrogen and oxygen atoms in total. The van der Waals surface area contributed by atoms with Crippen LogP contribution < -0.4 is 25.1 Å². The lowest BCUT2D eigenvalue weighted by molar-refractivity contribution is -0.121. The molecule has 0 spiro atoms. The van der Waals surface area contributed by atoms with E-state index in [1.165, 1.54) is 7.11 Å². The number of hydrogen-bond donors (Lipinski definition) is 2. The van der Waals surface area contributed by atoms with Gasteiger partial charge in [-0.25, -0.2) is 0 Å². The van der Waals surface area contributed by atoms with Crippen LogP contribution >= 0.6 is 0 Å². The second-order valence-electron chi connectivity index (χ2n) is 6.29. The Morgan fingerprint density at radius 2 is 1.71 bits per heavy atom. The summed E-state index contributed by atoms with van der Waals surface area (Å²) < 4.78 is 16.3. The van der Waals surface area contributed by atoms with Crippen LogP contribution in [0.5, 0.6) is 17.2 Å². The molecule has 2 aromatic rings. The van der Waals surface area contributed by atoms with Gasteiger partial charge in [0.05, 0.1) is 26.2 Å². The Bertz CT molecular complexity index is 803. The van der Waals surface area contributed by atoms with Gasteiger partial charge in [0.1, 0.15) is 5.75 Å². The first-order chi connectivity index (χ1) is 13.4. The highest BCUT2D eigenvalue weighted by Gasteiger charge is 2.13. The molecule has 0 fully saturated rings. The van der Waals surface area contributed by atoms with E-state index in [9.17, 15) is 9.59 Å². The van der Waals surface area contributed by atoms with E-state index in [1.807, 2.05) is 32.9 Å². The van der Waals surface area contributed by atoms with Gasteiger partial charge >= 0.3 is 0 Å². The molecule has 0 aliphatic rings. The number of amides is 2. The lowest BCUT2D eigenvalue weighted by Gasteiger charge is -2.14. The average Bonchev–Trinajstić information content (AvgIpc) is 2.67. The van der Waals surface area contributed by atoms with Crippen LogP contribution in [0, 0.1) is 0 Å². The SMILES string of the molecule is CCOc1ccc(CC(=O)NNC(=O)c2ccc(OC(C)C)c(OC)c2)cc1. The van der Waals surface area contributed by atoms with E-state index in [0.29, 0.717) is 23.7 Å². The highest BCUT2D eigenvalue weighted by molar-refractivity contribution is 5.96. The molecule has 2 N–H and O–H groups in total. The standard InChI is InChI=1S/C21H26N2O5/c1-5-27-17-9-6-15(7-10-17)12-20(24)22-23-21(25)16-8-11-18(28-14(2)3)19(13-16)26-4/h6-11,13-14H,5,12H2,1-4H3,(H,22,24)(H,23,25). The van der Waals surface area contributed by atoms with Gasteiger partial charge in [-0.3, -0.25) is 20.4 Å². The number of hydrogen-bond acceptors (Lipinski definition) is 5. The van der Waals surface area contributed by atoms with Gasteiger partial charge in [0.15, 0.2) is 11.5 Å². The number of methoxy groups -OCH3 is 1. The fourth-order valence-electron chi connectivity index (χ4n) is 2.46. The molecule has 2 rings (SSSR count). The molecule has 2 amide bonds. The number of nitrogens with one attached hydrogen (secondary N) is 2. The van der Waals surface area contributed by atoms with Gasteiger partial charge in [-0.1, -0.05) is 12.1 Å². The van der Waals surface area contributed by atoms with Crippen LogP contribution in [0.2, 0.25) is 0 Å². The van der Waals surface area contributed by atoms with Crippen LogP contribution in [0.4, 0.5) is 0 Å². The van der Waals surface area contributed by atoms with Gasteiger partial charge in [-0.2, -0.15) is 0 Å². The van der Waals surface area contributed by atoms with Crippen molar-refractivity contribution in [1.82, 2.24) is 10.9 Å². The Balaban J connectivity index is 1.91. The Labute approximate surface area is 165 Å². The predicted octanol–water partition coefficient (Wildman–Crippen LogP) is 2.88. The summed E-state index contributed by atoms with van der Waals surface area (Å²) in [4.78, 5) is 24.3. The minimum absolute atomic E-state index is 0.0181. The van der Waals surface area contributed by atoms with Crippen molar-refractivity contribution < 1.29 is 23.8 Å². The quantitative estimate of drug-likeness (QED) is 0.682. The Hall–Kier alpha value is -3.22. The molecular weight excluding hydrogens is 360 g/mol. The van der Waals surface area contributed by atoms with E-state index in [1.54, 1.807) is 30.3 Å². The zero-order valence-electron chi connectivity index (χ0n) is 16.6. The fraction of sp³-hybridized carbons (Fsp3) is 0.333. The number of carbonyl (C=O) groups is 2. The number of carbonyl (C=O) groups excluding carboxylic acids is 2. The van der Waals surface area contributed by atoms with Crippen molar-refractivity contribution in [3.63, 3.8) is 0 Å². The van der Waals surface area contributed by atoms with E-state index in [-0.39, 0.29) is 18.4 Å². The first-order valence-electron chi connectivity index (χ1n) is 9.08. The van der Waals surface area contributed by atoms with Crippen molar-refractivity contribution >= 4 is 11.8 Å². The van der Waals surface area contributed by atoms with Crippen molar-refractivity contribution in [2.24, 2.45) is 0 Å². The number of hydrazine groups is 1. The second-order valence-corrected chi connectivity index (χ2v) is 6.29. The molecule has 0 saturated heterocycles. The van der Waals surface area contributed by atoms with Crippen LogP contribution in [0.25, 0.3) is 0 Å². The normalized spacial score (nSPS) is 10.3. The van der Waals surface area contributed by atoms with Crippen LogP contribution in [-0.2, 0) is 11.2 Å². The topological polar surface area (TPSA) is 85.9 Å². The maximum absolute atomic E-state index is 12.3. The number of ether oxygens (including phenoxy) is 3. The smallest absolute Gasteiger partial charge is 0.269 e. The minimum Gasteiger partial charge on any atom is -0.494 e. The third kappa shape index (κ3) is 6.19. The summed E-state index contributed by atoms with van der Waals surface area (Å²) in [6, 6.07) is 12.1. The largest absolute Gasteiger partial charge is 0.494 e. The second kappa shape index (κ2) is 10.2. The third-order valence-corrected chi connectivity index (χ3v) is 3.70. The summed E-state index contributed by atoms with van der Waals surface area (Å²) in [5.41, 5.74) is 5.97. The molecule has 0 saturated carbocycles. The maximum Gasteiger partial charge on any atom is 0.269 e. The van der Waals surface area contributed by atoms with Crippen molar-refractivity contribution in [2.75, 3.05) is 13.7 Å². The maximum atomic E-state index is 12.3. The van der Waals surface area contributed by atoms with Crippen LogP contribution in [-0.4, -0.2) is 31.6 Å². The molecule has 0 heterocycles. The van der Waals surface area contributed by atoms with Gasteiger partial charge < -0.3 is 14.2 Å². The summed E-state index contributed by atoms with van der Waals surface area (Å²) >= 11 is 0. The molecule has 150 valence electrons. The monoisotopic (exact) mass is 386 g/mol. The lowest BCUT2D eigenvalue weighted by atomic mass is 10.1. The summed E-state index contributed by atoms with van der Waals surface area (Å²) in [5.74, 6) is 0.966. The Morgan fingerprint density at radius 1 is 1.00 bits per heavy atom. The fourth-order valence-corrected chi connectivity index (χ4v) is 2.46. The summed E-state index contributed by atoms with van der Waals surface area (Å²) in [6.45, 7) is 6.30. The van der Waals surface area contributed by atoms with E-state index in [4.69, 9.17) is 14.2 Å². The molecule has 0 atom stereocenters. The molecule has 0 bridgehead atoms. The molecule has 7 heteroatoms. The van der Waals surface area contributed by atoms with Crippen LogP contribution in [0.3, 0.4) is 0 Å². The first-order valence-corrected chi connectivity index (χ1v) is 9.08. The van der Waals surface area contributed by atoms with E-state index < -0.39 is 5.91 Å². The van der Waals surface area contributed by atoms with Gasteiger partial charge in [0.2, 0.25) is 5.91 Å². The molecule has 0 unspecified atom stereocenters. The zero-order valence-corrected chi connectivity index (χ0v) is 16.6. The summed E-state index contributed by atoms with van der Waals surface area (Å²) in [6.07, 6.45) is 0.118. The van der Waals surface area contributed by atoms with Crippen LogP contribution in [0.1, 0.15) is 36.7 Å². The highest BCUT2D eigenvalue weighted by Crippen LogP contribution is 2.28. The predicted molar refractivity (Wildman–Crippen MR) is 106 cm³/mol. The molecule has 28 heavy (non-hydrogen) atoms. The molecule has 0 aliphatic carbocycles. The van der Waals surface area contributed by atoms with Crippen molar-refractivity contribution in [1.29, 1.82) is 0 Å². The molecule has 2 aromatic carbocycles. The molecule has 0 aliphatic heterocycles. The molecular formula is C21H26N2O5. The molecule has 0 radical (unpaired) electrons. The number of benzene rings is 2. The highest BCUT2D eigenvalue weighted by atomic mass is 16.5. The number of rotatable bonds is 8. The zero-order chi connectivity index (χ0) is 20.5. The van der Waals surface area contributed by atoms with E-state index in [0.717, 1.165) is 11.3 Å². The summed E-state index contributed by atoms with van der Waals surface area (Å²) in [7, 11) is 1.50. The average molecular weight is 386 g/mol. The summed E-state index contributed by atoms with van der Waals surface area (Å²) in [5, 5.41) is 0.